The van der Waals surface area contributed by atoms with Crippen LogP contribution in [0, 0.1) is 11.8 Å². The van der Waals surface area contributed by atoms with Crippen LogP contribution in [-0.2, 0) is 4.79 Å². The van der Waals surface area contributed by atoms with Crippen LogP contribution in [-0.4, -0.2) is 24.0 Å². The second kappa shape index (κ2) is 9.27. The van der Waals surface area contributed by atoms with Crippen LogP contribution >= 0.6 is 12.4 Å². The number of carbonyl (C=O) groups excluding carboxylic acids is 1. The molecule has 3 nitrogen and oxygen atoms in total. The molecular formula is C19H35ClN2O. The zero-order valence-corrected chi connectivity index (χ0v) is 15.5. The fourth-order valence-corrected chi connectivity index (χ4v) is 4.97. The van der Waals surface area contributed by atoms with Crippen LogP contribution in [0.2, 0.25) is 0 Å². The SMILES string of the molecule is CC(CCC1CCCCC1)NC(=O)CC1CC2CCC(C1)N2.Cl. The van der Waals surface area contributed by atoms with Crippen molar-refractivity contribution in [2.24, 2.45) is 11.8 Å². The molecule has 3 atom stereocenters. The van der Waals surface area contributed by atoms with Gasteiger partial charge >= 0.3 is 0 Å². The van der Waals surface area contributed by atoms with E-state index in [1.807, 2.05) is 0 Å². The minimum absolute atomic E-state index is 0. The molecule has 2 N–H and O–H groups in total. The van der Waals surface area contributed by atoms with Gasteiger partial charge in [-0.3, -0.25) is 4.79 Å². The zero-order chi connectivity index (χ0) is 15.4. The van der Waals surface area contributed by atoms with Crippen LogP contribution in [0.3, 0.4) is 0 Å². The molecule has 0 aromatic heterocycles. The van der Waals surface area contributed by atoms with Gasteiger partial charge in [-0.05, 0) is 57.3 Å². The molecule has 2 aliphatic heterocycles. The van der Waals surface area contributed by atoms with E-state index in [4.69, 9.17) is 0 Å². The fourth-order valence-electron chi connectivity index (χ4n) is 4.97. The Morgan fingerprint density at radius 1 is 1.04 bits per heavy atom. The van der Waals surface area contributed by atoms with Crippen LogP contribution in [0.1, 0.15) is 84.0 Å². The molecule has 3 unspecified atom stereocenters. The molecule has 0 aromatic rings. The lowest BCUT2D eigenvalue weighted by Crippen LogP contribution is -2.40. The van der Waals surface area contributed by atoms with Gasteiger partial charge in [0.2, 0.25) is 5.91 Å². The Balaban J connectivity index is 0.00000192. The van der Waals surface area contributed by atoms with Crippen LogP contribution < -0.4 is 10.6 Å². The van der Waals surface area contributed by atoms with Crippen molar-refractivity contribution in [3.8, 4) is 0 Å². The summed E-state index contributed by atoms with van der Waals surface area (Å²) in [7, 11) is 0. The number of hydrogen-bond acceptors (Lipinski definition) is 2. The normalized spacial score (nSPS) is 32.1. The Hall–Kier alpha value is -0.280. The third-order valence-corrected chi connectivity index (χ3v) is 6.18. The number of piperidine rings is 1. The topological polar surface area (TPSA) is 41.1 Å². The van der Waals surface area contributed by atoms with Gasteiger partial charge in [0.25, 0.3) is 0 Å². The lowest BCUT2D eigenvalue weighted by Gasteiger charge is -2.29. The van der Waals surface area contributed by atoms with Gasteiger partial charge in [0.1, 0.15) is 0 Å². The molecule has 3 fully saturated rings. The Bertz CT molecular complexity index is 358. The first-order chi connectivity index (χ1) is 10.7. The van der Waals surface area contributed by atoms with Gasteiger partial charge in [-0.2, -0.15) is 0 Å². The first-order valence-electron chi connectivity index (χ1n) is 9.74. The average molecular weight is 343 g/mol. The molecule has 0 spiro atoms. The highest BCUT2D eigenvalue weighted by Gasteiger charge is 2.34. The van der Waals surface area contributed by atoms with Crippen LogP contribution in [0.25, 0.3) is 0 Å². The minimum Gasteiger partial charge on any atom is -0.354 e. The summed E-state index contributed by atoms with van der Waals surface area (Å²) in [5.74, 6) is 1.83. The Labute approximate surface area is 148 Å². The van der Waals surface area contributed by atoms with Gasteiger partial charge < -0.3 is 10.6 Å². The predicted octanol–water partition coefficient (Wildman–Crippen LogP) is 4.19. The van der Waals surface area contributed by atoms with Crippen molar-refractivity contribution in [3.05, 3.63) is 0 Å². The summed E-state index contributed by atoms with van der Waals surface area (Å²) in [6.45, 7) is 2.19. The fraction of sp³-hybridized carbons (Fsp3) is 0.947. The largest absolute Gasteiger partial charge is 0.354 e. The van der Waals surface area contributed by atoms with Gasteiger partial charge in [-0.1, -0.05) is 32.1 Å². The van der Waals surface area contributed by atoms with E-state index in [9.17, 15) is 4.79 Å². The first-order valence-corrected chi connectivity index (χ1v) is 9.74. The Kier molecular flexibility index (Phi) is 7.68. The van der Waals surface area contributed by atoms with Crippen LogP contribution in [0.4, 0.5) is 0 Å². The maximum absolute atomic E-state index is 12.3. The summed E-state index contributed by atoms with van der Waals surface area (Å²) in [6.07, 6.45) is 15.4. The average Bonchev–Trinajstić information content (AvgIpc) is 2.85. The standard InChI is InChI=1S/C19H34N2O.ClH/c1-14(7-8-15-5-3-2-4-6-15)20-19(22)13-16-11-17-9-10-18(12-16)21-17;/h14-18,21H,2-13H2,1H3,(H,20,22);1H. The number of carbonyl (C=O) groups is 1. The second-order valence-corrected chi connectivity index (χ2v) is 8.23. The molecule has 23 heavy (non-hydrogen) atoms. The van der Waals surface area contributed by atoms with E-state index in [0.717, 1.165) is 18.8 Å². The van der Waals surface area contributed by atoms with Crippen LogP contribution in [0.5, 0.6) is 0 Å². The third-order valence-electron chi connectivity index (χ3n) is 6.18. The molecule has 1 amide bonds. The number of hydrogen-bond donors (Lipinski definition) is 2. The lowest BCUT2D eigenvalue weighted by molar-refractivity contribution is -0.122. The second-order valence-electron chi connectivity index (χ2n) is 8.23. The van der Waals surface area contributed by atoms with Crippen molar-refractivity contribution in [2.75, 3.05) is 0 Å². The summed E-state index contributed by atoms with van der Waals surface area (Å²) in [5, 5.41) is 6.92. The summed E-state index contributed by atoms with van der Waals surface area (Å²) in [6, 6.07) is 1.74. The van der Waals surface area contributed by atoms with Crippen LogP contribution in [0.15, 0.2) is 0 Å². The molecule has 0 aromatic carbocycles. The predicted molar refractivity (Wildman–Crippen MR) is 97.9 cm³/mol. The van der Waals surface area contributed by atoms with Gasteiger partial charge in [0.05, 0.1) is 0 Å². The number of nitrogens with one attached hydrogen (secondary N) is 2. The number of fused-ring (bicyclic) bond motifs is 2. The monoisotopic (exact) mass is 342 g/mol. The molecule has 0 radical (unpaired) electrons. The van der Waals surface area contributed by atoms with Gasteiger partial charge in [-0.15, -0.1) is 12.4 Å². The molecule has 3 rings (SSSR count). The molecule has 1 aliphatic carbocycles. The highest BCUT2D eigenvalue weighted by Crippen LogP contribution is 2.32. The van der Waals surface area contributed by atoms with Gasteiger partial charge in [-0.25, -0.2) is 0 Å². The maximum atomic E-state index is 12.3. The van der Waals surface area contributed by atoms with E-state index in [-0.39, 0.29) is 12.4 Å². The number of amides is 1. The number of halogens is 1. The molecule has 134 valence electrons. The quantitative estimate of drug-likeness (QED) is 0.759. The van der Waals surface area contributed by atoms with E-state index >= 15 is 0 Å². The highest BCUT2D eigenvalue weighted by molar-refractivity contribution is 5.85. The summed E-state index contributed by atoms with van der Waals surface area (Å²) < 4.78 is 0. The summed E-state index contributed by atoms with van der Waals surface area (Å²) in [4.78, 5) is 12.3. The molecular weight excluding hydrogens is 308 g/mol. The molecule has 2 saturated heterocycles. The smallest absolute Gasteiger partial charge is 0.220 e. The minimum atomic E-state index is 0. The Morgan fingerprint density at radius 3 is 2.35 bits per heavy atom. The Morgan fingerprint density at radius 2 is 1.70 bits per heavy atom. The highest BCUT2D eigenvalue weighted by atomic mass is 35.5. The van der Waals surface area contributed by atoms with E-state index in [1.165, 1.54) is 64.2 Å². The number of rotatable bonds is 6. The zero-order valence-electron chi connectivity index (χ0n) is 14.7. The van der Waals surface area contributed by atoms with Crippen molar-refractivity contribution in [2.45, 2.75) is 102 Å². The van der Waals surface area contributed by atoms with E-state index in [2.05, 4.69) is 17.6 Å². The van der Waals surface area contributed by atoms with Crippen molar-refractivity contribution >= 4 is 18.3 Å². The van der Waals surface area contributed by atoms with Crippen molar-refractivity contribution < 1.29 is 4.79 Å². The first kappa shape index (κ1) is 19.1. The van der Waals surface area contributed by atoms with Gasteiger partial charge in [0, 0.05) is 24.5 Å². The van der Waals surface area contributed by atoms with E-state index in [0.29, 0.717) is 30.0 Å². The molecule has 4 heteroatoms. The molecule has 3 aliphatic rings. The molecule has 2 heterocycles. The van der Waals surface area contributed by atoms with E-state index in [1.54, 1.807) is 0 Å². The maximum Gasteiger partial charge on any atom is 0.220 e. The van der Waals surface area contributed by atoms with E-state index < -0.39 is 0 Å². The van der Waals surface area contributed by atoms with Crippen molar-refractivity contribution in [1.29, 1.82) is 0 Å². The lowest BCUT2D eigenvalue weighted by atomic mass is 9.85. The molecule has 1 saturated carbocycles. The van der Waals surface area contributed by atoms with Crippen molar-refractivity contribution in [1.82, 2.24) is 10.6 Å². The van der Waals surface area contributed by atoms with Crippen molar-refractivity contribution in [3.63, 3.8) is 0 Å². The van der Waals surface area contributed by atoms with Gasteiger partial charge in [0.15, 0.2) is 0 Å². The molecule has 2 bridgehead atoms. The summed E-state index contributed by atoms with van der Waals surface area (Å²) in [5.41, 5.74) is 0. The summed E-state index contributed by atoms with van der Waals surface area (Å²) >= 11 is 0. The third kappa shape index (κ3) is 5.94.